The van der Waals surface area contributed by atoms with Crippen LogP contribution in [0.5, 0.6) is 5.75 Å². The molecule has 1 aliphatic carbocycles. The fourth-order valence-corrected chi connectivity index (χ4v) is 2.96. The lowest BCUT2D eigenvalue weighted by Crippen LogP contribution is -2.40. The molecule has 2 aromatic carbocycles. The smallest absolute Gasteiger partial charge is 0.311 e. The zero-order valence-electron chi connectivity index (χ0n) is 15.1. The summed E-state index contributed by atoms with van der Waals surface area (Å²) in [6.45, 7) is 0. The third kappa shape index (κ3) is 4.14. The third-order valence-corrected chi connectivity index (χ3v) is 4.57. The van der Waals surface area contributed by atoms with Crippen LogP contribution < -0.4 is 15.4 Å². The summed E-state index contributed by atoms with van der Waals surface area (Å²) in [5, 5.41) is 5.56. The maximum absolute atomic E-state index is 12.6. The van der Waals surface area contributed by atoms with E-state index >= 15 is 0 Å². The number of nitrogens with one attached hydrogen (secondary N) is 2. The van der Waals surface area contributed by atoms with Crippen molar-refractivity contribution in [3.63, 3.8) is 0 Å². The van der Waals surface area contributed by atoms with Crippen LogP contribution in [0, 0.1) is 0 Å². The number of carbonyl (C=O) groups is 3. The molecule has 0 unspecified atom stereocenters. The molecule has 0 aromatic heterocycles. The van der Waals surface area contributed by atoms with Gasteiger partial charge in [-0.3, -0.25) is 14.4 Å². The molecule has 2 atom stereocenters. The summed E-state index contributed by atoms with van der Waals surface area (Å²) in [6, 6.07) is 15.9. The Morgan fingerprint density at radius 3 is 2.57 bits per heavy atom. The minimum atomic E-state index is -1.06. The minimum Gasteiger partial charge on any atom is -0.478 e. The molecule has 2 aromatic rings. The van der Waals surface area contributed by atoms with Gasteiger partial charge in [-0.05, 0) is 25.0 Å². The molecule has 1 heterocycles. The number of esters is 1. The van der Waals surface area contributed by atoms with Crippen LogP contribution in [0.15, 0.2) is 54.6 Å². The van der Waals surface area contributed by atoms with Crippen LogP contribution >= 0.6 is 0 Å². The van der Waals surface area contributed by atoms with Gasteiger partial charge in [0, 0.05) is 11.6 Å². The number of para-hydroxylation sites is 2. The van der Waals surface area contributed by atoms with Crippen molar-refractivity contribution in [1.29, 1.82) is 0 Å². The van der Waals surface area contributed by atoms with Gasteiger partial charge in [0.2, 0.25) is 6.10 Å². The number of ether oxygens (including phenoxy) is 2. The molecule has 1 aliphatic heterocycles. The molecule has 28 heavy (non-hydrogen) atoms. The second kappa shape index (κ2) is 7.72. The van der Waals surface area contributed by atoms with Gasteiger partial charge in [-0.25, -0.2) is 0 Å². The molecule has 0 bridgehead atoms. The molecule has 0 spiro atoms. The van der Waals surface area contributed by atoms with E-state index < -0.39 is 24.1 Å². The van der Waals surface area contributed by atoms with Crippen LogP contribution in [-0.4, -0.2) is 29.9 Å². The zero-order valence-corrected chi connectivity index (χ0v) is 15.1. The number of anilines is 1. The summed E-state index contributed by atoms with van der Waals surface area (Å²) in [5.74, 6) is -0.971. The second-order valence-electron chi connectivity index (χ2n) is 6.86. The molecular weight excluding hydrogens is 360 g/mol. The van der Waals surface area contributed by atoms with Gasteiger partial charge in [-0.15, -0.1) is 0 Å². The van der Waals surface area contributed by atoms with E-state index in [1.165, 1.54) is 0 Å². The Morgan fingerprint density at radius 2 is 1.82 bits per heavy atom. The molecule has 4 rings (SSSR count). The predicted octanol–water partition coefficient (Wildman–Crippen LogP) is 2.34. The van der Waals surface area contributed by atoms with Crippen molar-refractivity contribution in [1.82, 2.24) is 5.32 Å². The number of amides is 2. The number of benzene rings is 2. The molecule has 0 saturated heterocycles. The monoisotopic (exact) mass is 380 g/mol. The highest BCUT2D eigenvalue weighted by Crippen LogP contribution is 2.30. The van der Waals surface area contributed by atoms with E-state index in [1.807, 2.05) is 6.07 Å². The quantitative estimate of drug-likeness (QED) is 0.751. The molecule has 7 nitrogen and oxygen atoms in total. The Balaban J connectivity index is 1.44. The average molecular weight is 380 g/mol. The summed E-state index contributed by atoms with van der Waals surface area (Å²) < 4.78 is 11.1. The zero-order chi connectivity index (χ0) is 19.5. The highest BCUT2D eigenvalue weighted by Gasteiger charge is 2.34. The van der Waals surface area contributed by atoms with Crippen molar-refractivity contribution in [2.75, 3.05) is 5.32 Å². The van der Waals surface area contributed by atoms with E-state index in [0.717, 1.165) is 12.8 Å². The molecule has 1 fully saturated rings. The number of fused-ring (bicyclic) bond motifs is 1. The van der Waals surface area contributed by atoms with E-state index in [4.69, 9.17) is 9.47 Å². The first-order chi connectivity index (χ1) is 13.6. The van der Waals surface area contributed by atoms with E-state index in [-0.39, 0.29) is 18.4 Å². The number of rotatable bonds is 6. The standard InChI is InChI=1S/C21H20N2O5/c24-18(12-17-20(25)23-15-8-4-5-9-16(15)27-17)28-19(13-6-2-1-3-7-13)21(26)22-14-10-11-14/h1-9,14,17,19H,10-12H2,(H,22,26)(H,23,25)/t17-,19-/m0/s1. The summed E-state index contributed by atoms with van der Waals surface area (Å²) >= 11 is 0. The Hall–Kier alpha value is -3.35. The SMILES string of the molecule is O=C(C[C@@H]1Oc2ccccc2NC1=O)O[C@H](C(=O)NC1CC1)c1ccccc1. The van der Waals surface area contributed by atoms with Gasteiger partial charge in [-0.1, -0.05) is 42.5 Å². The maximum Gasteiger partial charge on any atom is 0.311 e. The van der Waals surface area contributed by atoms with Crippen LogP contribution in [0.25, 0.3) is 0 Å². The fourth-order valence-electron chi connectivity index (χ4n) is 2.96. The molecule has 2 amide bonds. The van der Waals surface area contributed by atoms with Crippen molar-refractivity contribution in [2.24, 2.45) is 0 Å². The number of hydrogen-bond acceptors (Lipinski definition) is 5. The summed E-state index contributed by atoms with van der Waals surface area (Å²) in [6.07, 6.45) is -0.508. The van der Waals surface area contributed by atoms with Crippen LogP contribution in [0.2, 0.25) is 0 Å². The van der Waals surface area contributed by atoms with Crippen LogP contribution in [-0.2, 0) is 19.1 Å². The highest BCUT2D eigenvalue weighted by atomic mass is 16.6. The second-order valence-corrected chi connectivity index (χ2v) is 6.86. The minimum absolute atomic E-state index is 0.140. The largest absolute Gasteiger partial charge is 0.478 e. The molecule has 0 radical (unpaired) electrons. The molecule has 2 N–H and O–H groups in total. The summed E-state index contributed by atoms with van der Waals surface area (Å²) in [7, 11) is 0. The molecule has 2 aliphatic rings. The van der Waals surface area contributed by atoms with E-state index in [0.29, 0.717) is 17.0 Å². The van der Waals surface area contributed by atoms with E-state index in [2.05, 4.69) is 10.6 Å². The van der Waals surface area contributed by atoms with Gasteiger partial charge in [0.1, 0.15) is 5.75 Å². The first kappa shape index (κ1) is 18.0. The van der Waals surface area contributed by atoms with Gasteiger partial charge < -0.3 is 20.1 Å². The maximum atomic E-state index is 12.6. The predicted molar refractivity (Wildman–Crippen MR) is 101 cm³/mol. The first-order valence-corrected chi connectivity index (χ1v) is 9.21. The van der Waals surface area contributed by atoms with Gasteiger partial charge >= 0.3 is 5.97 Å². The third-order valence-electron chi connectivity index (χ3n) is 4.57. The topological polar surface area (TPSA) is 93.7 Å². The van der Waals surface area contributed by atoms with Crippen molar-refractivity contribution >= 4 is 23.5 Å². The van der Waals surface area contributed by atoms with Crippen molar-refractivity contribution in [3.8, 4) is 5.75 Å². The van der Waals surface area contributed by atoms with Crippen LogP contribution in [0.3, 0.4) is 0 Å². The lowest BCUT2D eigenvalue weighted by molar-refractivity contribution is -0.159. The van der Waals surface area contributed by atoms with Crippen LogP contribution in [0.4, 0.5) is 5.69 Å². The lowest BCUT2D eigenvalue weighted by atomic mass is 10.1. The van der Waals surface area contributed by atoms with Gasteiger partial charge in [0.25, 0.3) is 11.8 Å². The van der Waals surface area contributed by atoms with Crippen molar-refractivity contribution in [2.45, 2.75) is 37.5 Å². The molecule has 144 valence electrons. The Bertz CT molecular complexity index is 895. The van der Waals surface area contributed by atoms with Gasteiger partial charge in [-0.2, -0.15) is 0 Å². The Morgan fingerprint density at radius 1 is 1.11 bits per heavy atom. The highest BCUT2D eigenvalue weighted by molar-refractivity contribution is 5.99. The Kier molecular flexibility index (Phi) is 4.97. The summed E-state index contributed by atoms with van der Waals surface area (Å²) in [5.41, 5.74) is 1.14. The molecular formula is C21H20N2O5. The van der Waals surface area contributed by atoms with Crippen molar-refractivity contribution in [3.05, 3.63) is 60.2 Å². The molecule has 7 heteroatoms. The summed E-state index contributed by atoms with van der Waals surface area (Å²) in [4.78, 5) is 37.3. The van der Waals surface area contributed by atoms with E-state index in [1.54, 1.807) is 48.5 Å². The average Bonchev–Trinajstić information content (AvgIpc) is 3.51. The number of hydrogen-bond donors (Lipinski definition) is 2. The first-order valence-electron chi connectivity index (χ1n) is 9.21. The molecule has 1 saturated carbocycles. The van der Waals surface area contributed by atoms with Gasteiger partial charge in [0.15, 0.2) is 6.10 Å². The Labute approximate surface area is 162 Å². The van der Waals surface area contributed by atoms with Crippen molar-refractivity contribution < 1.29 is 23.9 Å². The van der Waals surface area contributed by atoms with Crippen LogP contribution in [0.1, 0.15) is 30.9 Å². The lowest BCUT2D eigenvalue weighted by Gasteiger charge is -2.26. The fraction of sp³-hybridized carbons (Fsp3) is 0.286. The number of carbonyl (C=O) groups excluding carboxylic acids is 3. The normalized spacial score (nSPS) is 18.9. The van der Waals surface area contributed by atoms with E-state index in [9.17, 15) is 14.4 Å². The van der Waals surface area contributed by atoms with Gasteiger partial charge in [0.05, 0.1) is 12.1 Å².